The van der Waals surface area contributed by atoms with Crippen LogP contribution in [0.25, 0.3) is 11.4 Å². The van der Waals surface area contributed by atoms with Gasteiger partial charge in [-0.3, -0.25) is 0 Å². The van der Waals surface area contributed by atoms with Crippen molar-refractivity contribution in [1.29, 1.82) is 0 Å². The molecule has 0 aliphatic rings. The number of halogens is 2. The molecule has 0 radical (unpaired) electrons. The third kappa shape index (κ3) is 2.16. The van der Waals surface area contributed by atoms with E-state index >= 15 is 0 Å². The topological polar surface area (TPSA) is 80.9 Å². The molecule has 1 heterocycles. The molecule has 6 nitrogen and oxygen atoms in total. The molecule has 0 aliphatic heterocycles. The van der Waals surface area contributed by atoms with Crippen LogP contribution in [-0.4, -0.2) is 31.3 Å². The number of tetrazole rings is 1. The highest BCUT2D eigenvalue weighted by molar-refractivity contribution is 5.76. The quantitative estimate of drug-likeness (QED) is 0.910. The third-order valence-corrected chi connectivity index (χ3v) is 2.69. The molecule has 0 amide bonds. The summed E-state index contributed by atoms with van der Waals surface area (Å²) in [6.07, 6.45) is 0. The Labute approximate surface area is 106 Å². The molecular formula is C11H10F2N4O2. The average molecular weight is 268 g/mol. The second kappa shape index (κ2) is 4.38. The van der Waals surface area contributed by atoms with Gasteiger partial charge in [0, 0.05) is 0 Å². The maximum atomic E-state index is 13.7. The largest absolute Gasteiger partial charge is 0.479 e. The second-order valence-electron chi connectivity index (χ2n) is 4.40. The van der Waals surface area contributed by atoms with E-state index in [2.05, 4.69) is 15.5 Å². The van der Waals surface area contributed by atoms with Crippen LogP contribution >= 0.6 is 0 Å². The Bertz CT molecular complexity index is 639. The maximum absolute atomic E-state index is 13.7. The van der Waals surface area contributed by atoms with Crippen molar-refractivity contribution in [3.63, 3.8) is 0 Å². The van der Waals surface area contributed by atoms with Crippen molar-refractivity contribution in [2.24, 2.45) is 0 Å². The monoisotopic (exact) mass is 268 g/mol. The molecule has 1 aromatic carbocycles. The van der Waals surface area contributed by atoms with Gasteiger partial charge in [-0.15, -0.1) is 5.10 Å². The molecule has 1 aromatic heterocycles. The van der Waals surface area contributed by atoms with E-state index in [1.54, 1.807) is 0 Å². The first-order chi connectivity index (χ1) is 8.84. The number of carboxylic acid groups (broad SMARTS) is 1. The zero-order valence-corrected chi connectivity index (χ0v) is 10.1. The molecule has 2 aromatic rings. The number of nitrogens with zero attached hydrogens (tertiary/aromatic N) is 4. The molecule has 0 unspecified atom stereocenters. The van der Waals surface area contributed by atoms with E-state index in [0.717, 1.165) is 22.9 Å². The Kier molecular flexibility index (Phi) is 3.01. The second-order valence-corrected chi connectivity index (χ2v) is 4.40. The van der Waals surface area contributed by atoms with E-state index in [1.807, 2.05) is 0 Å². The molecule has 100 valence electrons. The molecule has 0 fully saturated rings. The molecule has 0 aliphatic carbocycles. The maximum Gasteiger partial charge on any atom is 0.331 e. The lowest BCUT2D eigenvalue weighted by atomic mass is 10.1. The van der Waals surface area contributed by atoms with Crippen LogP contribution in [0.1, 0.15) is 13.8 Å². The van der Waals surface area contributed by atoms with Crippen molar-refractivity contribution in [2.75, 3.05) is 0 Å². The summed E-state index contributed by atoms with van der Waals surface area (Å²) in [5.74, 6) is -2.75. The van der Waals surface area contributed by atoms with Gasteiger partial charge in [-0.05, 0) is 42.5 Å². The smallest absolute Gasteiger partial charge is 0.331 e. The summed E-state index contributed by atoms with van der Waals surface area (Å²) in [5, 5.41) is 19.6. The molecule has 0 spiro atoms. The fourth-order valence-electron chi connectivity index (χ4n) is 1.49. The molecule has 0 atom stereocenters. The van der Waals surface area contributed by atoms with Crippen molar-refractivity contribution < 1.29 is 18.7 Å². The van der Waals surface area contributed by atoms with Gasteiger partial charge in [0.1, 0.15) is 11.6 Å². The highest BCUT2D eigenvalue weighted by Gasteiger charge is 2.34. The number of aromatic nitrogens is 4. The summed E-state index contributed by atoms with van der Waals surface area (Å²) in [7, 11) is 0. The first kappa shape index (κ1) is 13.1. The predicted molar refractivity (Wildman–Crippen MR) is 60.1 cm³/mol. The van der Waals surface area contributed by atoms with Gasteiger partial charge in [0.25, 0.3) is 0 Å². The normalized spacial score (nSPS) is 11.6. The van der Waals surface area contributed by atoms with Crippen LogP contribution < -0.4 is 0 Å². The number of rotatable bonds is 3. The molecule has 19 heavy (non-hydrogen) atoms. The number of hydrogen-bond acceptors (Lipinski definition) is 4. The van der Waals surface area contributed by atoms with Crippen LogP contribution in [0.3, 0.4) is 0 Å². The Morgan fingerprint density at radius 2 is 2.05 bits per heavy atom. The van der Waals surface area contributed by atoms with Crippen molar-refractivity contribution >= 4 is 5.97 Å². The molecule has 1 N–H and O–H groups in total. The SMILES string of the molecule is CC(C)(C(=O)O)n1nnnc1-c1cc(F)ccc1F. The van der Waals surface area contributed by atoms with Gasteiger partial charge >= 0.3 is 5.97 Å². The molecule has 2 rings (SSSR count). The first-order valence-corrected chi connectivity index (χ1v) is 5.31. The van der Waals surface area contributed by atoms with E-state index in [4.69, 9.17) is 5.11 Å². The summed E-state index contributed by atoms with van der Waals surface area (Å²) in [6.45, 7) is 2.71. The molecule has 8 heteroatoms. The molecule has 0 saturated carbocycles. The molecule has 0 saturated heterocycles. The summed E-state index contributed by atoms with van der Waals surface area (Å²) in [6, 6.07) is 2.79. The number of benzene rings is 1. The van der Waals surface area contributed by atoms with Gasteiger partial charge in [-0.1, -0.05) is 0 Å². The predicted octanol–water partition coefficient (Wildman–Crippen LogP) is 1.44. The van der Waals surface area contributed by atoms with Crippen LogP contribution in [0, 0.1) is 11.6 Å². The summed E-state index contributed by atoms with van der Waals surface area (Å²) < 4.78 is 27.8. The van der Waals surface area contributed by atoms with Crippen LogP contribution in [0.2, 0.25) is 0 Å². The minimum Gasteiger partial charge on any atom is -0.479 e. The summed E-state index contributed by atoms with van der Waals surface area (Å²) >= 11 is 0. The number of hydrogen-bond donors (Lipinski definition) is 1. The number of carboxylic acids is 1. The van der Waals surface area contributed by atoms with Crippen molar-refractivity contribution in [3.05, 3.63) is 29.8 Å². The van der Waals surface area contributed by atoms with E-state index in [9.17, 15) is 13.6 Å². The molecular weight excluding hydrogens is 258 g/mol. The van der Waals surface area contributed by atoms with Crippen LogP contribution in [0.5, 0.6) is 0 Å². The lowest BCUT2D eigenvalue weighted by Gasteiger charge is -2.20. The highest BCUT2D eigenvalue weighted by atomic mass is 19.1. The Hall–Kier alpha value is -2.38. The summed E-state index contributed by atoms with van der Waals surface area (Å²) in [4.78, 5) is 11.2. The average Bonchev–Trinajstić information content (AvgIpc) is 2.81. The zero-order chi connectivity index (χ0) is 14.2. The Morgan fingerprint density at radius 3 is 2.68 bits per heavy atom. The van der Waals surface area contributed by atoms with Gasteiger partial charge in [0.2, 0.25) is 0 Å². The van der Waals surface area contributed by atoms with Gasteiger partial charge in [0.15, 0.2) is 11.4 Å². The van der Waals surface area contributed by atoms with Gasteiger partial charge in [0.05, 0.1) is 5.56 Å². The third-order valence-electron chi connectivity index (χ3n) is 2.69. The van der Waals surface area contributed by atoms with E-state index in [1.165, 1.54) is 13.8 Å². The minimum atomic E-state index is -1.49. The van der Waals surface area contributed by atoms with Crippen LogP contribution in [0.4, 0.5) is 8.78 Å². The summed E-state index contributed by atoms with van der Waals surface area (Å²) in [5.41, 5.74) is -1.68. The van der Waals surface area contributed by atoms with Crippen molar-refractivity contribution in [2.45, 2.75) is 19.4 Å². The first-order valence-electron chi connectivity index (χ1n) is 5.31. The van der Waals surface area contributed by atoms with Crippen LogP contribution in [-0.2, 0) is 10.3 Å². The van der Waals surface area contributed by atoms with Crippen LogP contribution in [0.15, 0.2) is 18.2 Å². The number of aliphatic carboxylic acids is 1. The van der Waals surface area contributed by atoms with E-state index in [0.29, 0.717) is 0 Å². The van der Waals surface area contributed by atoms with Gasteiger partial charge in [-0.2, -0.15) is 0 Å². The standard InChI is InChI=1S/C11H10F2N4O2/c1-11(2,10(18)19)17-9(14-15-16-17)7-5-6(12)3-4-8(7)13/h3-5H,1-2H3,(H,18,19). The number of carbonyl (C=O) groups is 1. The van der Waals surface area contributed by atoms with Crippen molar-refractivity contribution in [3.8, 4) is 11.4 Å². The van der Waals surface area contributed by atoms with Crippen molar-refractivity contribution in [1.82, 2.24) is 20.2 Å². The lowest BCUT2D eigenvalue weighted by Crippen LogP contribution is -2.37. The lowest BCUT2D eigenvalue weighted by molar-refractivity contribution is -0.146. The highest BCUT2D eigenvalue weighted by Crippen LogP contribution is 2.25. The zero-order valence-electron chi connectivity index (χ0n) is 10.1. The minimum absolute atomic E-state index is 0.149. The fraction of sp³-hybridized carbons (Fsp3) is 0.273. The fourth-order valence-corrected chi connectivity index (χ4v) is 1.49. The van der Waals surface area contributed by atoms with E-state index < -0.39 is 23.1 Å². The Morgan fingerprint density at radius 1 is 1.37 bits per heavy atom. The van der Waals surface area contributed by atoms with Gasteiger partial charge < -0.3 is 5.11 Å². The van der Waals surface area contributed by atoms with Gasteiger partial charge in [-0.25, -0.2) is 18.3 Å². The van der Waals surface area contributed by atoms with E-state index in [-0.39, 0.29) is 11.4 Å². The molecule has 0 bridgehead atoms. The Balaban J connectivity index is 2.63.